The van der Waals surface area contributed by atoms with Gasteiger partial charge in [0.2, 0.25) is 5.88 Å². The van der Waals surface area contributed by atoms with Crippen molar-refractivity contribution in [2.45, 2.75) is 0 Å². The Morgan fingerprint density at radius 2 is 2.11 bits per heavy atom. The van der Waals surface area contributed by atoms with Gasteiger partial charge in [0, 0.05) is 16.3 Å². The number of hydrazine groups is 1. The summed E-state index contributed by atoms with van der Waals surface area (Å²) in [6, 6.07) is 5.15. The van der Waals surface area contributed by atoms with Gasteiger partial charge in [-0.3, -0.25) is 10.3 Å². The first-order valence-electron chi connectivity index (χ1n) is 5.29. The van der Waals surface area contributed by atoms with Crippen molar-refractivity contribution in [3.8, 4) is 5.88 Å². The zero-order valence-corrected chi connectivity index (χ0v) is 9.27. The van der Waals surface area contributed by atoms with E-state index in [2.05, 4.69) is 5.53 Å². The molecule has 0 fully saturated rings. The van der Waals surface area contributed by atoms with Crippen LogP contribution in [-0.2, 0) is 0 Å². The third-order valence-corrected chi connectivity index (χ3v) is 3.06. The van der Waals surface area contributed by atoms with E-state index in [0.29, 0.717) is 27.6 Å². The van der Waals surface area contributed by atoms with E-state index in [4.69, 9.17) is 11.3 Å². The summed E-state index contributed by atoms with van der Waals surface area (Å²) in [4.78, 5) is 12.1. The molecule has 0 radical (unpaired) electrons. The van der Waals surface area contributed by atoms with E-state index in [-0.39, 0.29) is 5.88 Å². The number of benzene rings is 1. The fraction of sp³-hybridized carbons (Fsp3) is 0. The summed E-state index contributed by atoms with van der Waals surface area (Å²) in [5.41, 5.74) is 3.05. The van der Waals surface area contributed by atoms with Crippen LogP contribution in [-0.4, -0.2) is 15.5 Å². The van der Waals surface area contributed by atoms with Crippen molar-refractivity contribution >= 4 is 22.6 Å². The topological polar surface area (TPSA) is 104 Å². The lowest BCUT2D eigenvalue weighted by molar-refractivity contribution is 0.431. The minimum atomic E-state index is -0.446. The summed E-state index contributed by atoms with van der Waals surface area (Å²) in [5, 5.41) is 18.9. The van der Waals surface area contributed by atoms with Gasteiger partial charge in [0.25, 0.3) is 5.56 Å². The molecule has 0 amide bonds. The average molecular weight is 242 g/mol. The SMILES string of the molecule is N=C1C=Cc2c(=O)n(NN)c(O)c3cccc1c23. The Balaban J connectivity index is 2.63. The van der Waals surface area contributed by atoms with Crippen LogP contribution in [0.1, 0.15) is 11.1 Å². The van der Waals surface area contributed by atoms with Crippen LogP contribution in [0.3, 0.4) is 0 Å². The largest absolute Gasteiger partial charge is 0.493 e. The van der Waals surface area contributed by atoms with Gasteiger partial charge in [-0.2, -0.15) is 4.68 Å². The summed E-state index contributed by atoms with van der Waals surface area (Å²) >= 11 is 0. The summed E-state index contributed by atoms with van der Waals surface area (Å²) in [6.07, 6.45) is 3.11. The maximum absolute atomic E-state index is 12.1. The highest BCUT2D eigenvalue weighted by molar-refractivity contribution is 6.21. The predicted molar refractivity (Wildman–Crippen MR) is 69.3 cm³/mol. The highest BCUT2D eigenvalue weighted by Gasteiger charge is 2.20. The van der Waals surface area contributed by atoms with E-state index in [9.17, 15) is 9.90 Å². The molecular weight excluding hydrogens is 232 g/mol. The Morgan fingerprint density at radius 3 is 2.83 bits per heavy atom. The Morgan fingerprint density at radius 1 is 1.33 bits per heavy atom. The molecule has 6 heteroatoms. The second-order valence-electron chi connectivity index (χ2n) is 3.98. The average Bonchev–Trinajstić information content (AvgIpc) is 2.38. The molecule has 0 saturated carbocycles. The Kier molecular flexibility index (Phi) is 2.02. The number of rotatable bonds is 1. The van der Waals surface area contributed by atoms with Crippen LogP contribution < -0.4 is 16.9 Å². The molecule has 6 nitrogen and oxygen atoms in total. The molecule has 1 heterocycles. The second kappa shape index (κ2) is 3.44. The quantitative estimate of drug-likeness (QED) is 0.432. The molecule has 1 aromatic heterocycles. The normalized spacial score (nSPS) is 13.1. The van der Waals surface area contributed by atoms with Gasteiger partial charge in [-0.25, -0.2) is 5.84 Å². The first-order chi connectivity index (χ1) is 8.65. The van der Waals surface area contributed by atoms with Crippen LogP contribution in [0.4, 0.5) is 0 Å². The standard InChI is InChI=1S/C12H10N4O2/c13-9-5-4-8-10-6(9)2-1-3-7(10)11(17)16(15-14)12(8)18/h1-5,13,15,17H,14H2. The molecule has 3 rings (SSSR count). The maximum atomic E-state index is 12.1. The third-order valence-electron chi connectivity index (χ3n) is 3.06. The summed E-state index contributed by atoms with van der Waals surface area (Å²) < 4.78 is 0.876. The summed E-state index contributed by atoms with van der Waals surface area (Å²) in [7, 11) is 0. The third kappa shape index (κ3) is 1.15. The number of nitrogen functional groups attached to an aromatic ring is 1. The molecule has 1 aromatic carbocycles. The fourth-order valence-electron chi connectivity index (χ4n) is 2.23. The number of aromatic nitrogens is 1. The van der Waals surface area contributed by atoms with Crippen molar-refractivity contribution in [2.75, 3.05) is 5.53 Å². The monoisotopic (exact) mass is 242 g/mol. The lowest BCUT2D eigenvalue weighted by Crippen LogP contribution is -2.34. The first-order valence-corrected chi connectivity index (χ1v) is 5.29. The van der Waals surface area contributed by atoms with Gasteiger partial charge in [0.15, 0.2) is 0 Å². The van der Waals surface area contributed by atoms with E-state index in [0.717, 1.165) is 4.68 Å². The Hall–Kier alpha value is -2.60. The van der Waals surface area contributed by atoms with Gasteiger partial charge < -0.3 is 10.5 Å². The molecule has 2 aromatic rings. The van der Waals surface area contributed by atoms with Crippen LogP contribution in [0.5, 0.6) is 5.88 Å². The van der Waals surface area contributed by atoms with Crippen molar-refractivity contribution in [1.82, 2.24) is 4.68 Å². The molecule has 0 unspecified atom stereocenters. The number of pyridine rings is 1. The number of hydrogen-bond donors (Lipinski definition) is 4. The number of nitrogens with zero attached hydrogens (tertiary/aromatic N) is 1. The summed E-state index contributed by atoms with van der Waals surface area (Å²) in [6.45, 7) is 0. The first kappa shape index (κ1) is 10.5. The molecular formula is C12H10N4O2. The summed E-state index contributed by atoms with van der Waals surface area (Å²) in [5.74, 6) is 4.98. The maximum Gasteiger partial charge on any atom is 0.281 e. The fourth-order valence-corrected chi connectivity index (χ4v) is 2.23. The predicted octanol–water partition coefficient (Wildman–Crippen LogP) is 0.519. The lowest BCUT2D eigenvalue weighted by atomic mass is 9.93. The van der Waals surface area contributed by atoms with Crippen LogP contribution >= 0.6 is 0 Å². The molecule has 90 valence electrons. The van der Waals surface area contributed by atoms with E-state index >= 15 is 0 Å². The van der Waals surface area contributed by atoms with E-state index in [1.54, 1.807) is 30.4 Å². The molecule has 18 heavy (non-hydrogen) atoms. The number of nitrogens with two attached hydrogens (primary N) is 1. The van der Waals surface area contributed by atoms with Gasteiger partial charge in [0.1, 0.15) is 0 Å². The number of aromatic hydroxyl groups is 1. The van der Waals surface area contributed by atoms with Crippen molar-refractivity contribution in [2.24, 2.45) is 5.84 Å². The van der Waals surface area contributed by atoms with Gasteiger partial charge in [-0.15, -0.1) is 0 Å². The highest BCUT2D eigenvalue weighted by Crippen LogP contribution is 2.31. The van der Waals surface area contributed by atoms with Gasteiger partial charge in [-0.05, 0) is 18.2 Å². The van der Waals surface area contributed by atoms with Gasteiger partial charge in [0.05, 0.1) is 11.3 Å². The minimum absolute atomic E-state index is 0.258. The van der Waals surface area contributed by atoms with Crippen molar-refractivity contribution < 1.29 is 5.11 Å². The molecule has 0 saturated heterocycles. The minimum Gasteiger partial charge on any atom is -0.493 e. The molecule has 1 aliphatic rings. The Labute approximate surface area is 101 Å². The van der Waals surface area contributed by atoms with Gasteiger partial charge >= 0.3 is 0 Å². The van der Waals surface area contributed by atoms with E-state index < -0.39 is 5.56 Å². The van der Waals surface area contributed by atoms with Crippen molar-refractivity contribution in [3.63, 3.8) is 0 Å². The van der Waals surface area contributed by atoms with Crippen molar-refractivity contribution in [3.05, 3.63) is 45.8 Å². The molecule has 0 spiro atoms. The molecule has 0 bridgehead atoms. The van der Waals surface area contributed by atoms with Crippen LogP contribution in [0.2, 0.25) is 0 Å². The van der Waals surface area contributed by atoms with Crippen LogP contribution in [0.25, 0.3) is 16.8 Å². The zero-order chi connectivity index (χ0) is 12.9. The Bertz CT molecular complexity index is 774. The van der Waals surface area contributed by atoms with E-state index in [1.165, 1.54) is 0 Å². The lowest BCUT2D eigenvalue weighted by Gasteiger charge is -2.16. The number of hydrogen-bond acceptors (Lipinski definition) is 5. The molecule has 0 aliphatic heterocycles. The second-order valence-corrected chi connectivity index (χ2v) is 3.98. The molecule has 0 atom stereocenters. The molecule has 1 aliphatic carbocycles. The van der Waals surface area contributed by atoms with Gasteiger partial charge in [-0.1, -0.05) is 12.1 Å². The zero-order valence-electron chi connectivity index (χ0n) is 9.27. The van der Waals surface area contributed by atoms with E-state index in [1.807, 2.05) is 0 Å². The highest BCUT2D eigenvalue weighted by atomic mass is 16.3. The number of allylic oxidation sites excluding steroid dienone is 1. The van der Waals surface area contributed by atoms with Crippen LogP contribution in [0.15, 0.2) is 29.1 Å². The molecule has 5 N–H and O–H groups in total. The van der Waals surface area contributed by atoms with Crippen molar-refractivity contribution in [1.29, 1.82) is 5.41 Å². The van der Waals surface area contributed by atoms with Crippen LogP contribution in [0, 0.1) is 5.41 Å². The smallest absolute Gasteiger partial charge is 0.281 e. The number of nitrogens with one attached hydrogen (secondary N) is 2.